The molecule has 0 bridgehead atoms. The lowest BCUT2D eigenvalue weighted by atomic mass is 9.98. The van der Waals surface area contributed by atoms with Gasteiger partial charge in [-0.15, -0.1) is 11.8 Å². The maximum Gasteiger partial charge on any atom is 0.122 e. The summed E-state index contributed by atoms with van der Waals surface area (Å²) in [6.07, 6.45) is 2.08. The molecule has 0 heterocycles. The molecule has 2 aromatic carbocycles. The van der Waals surface area contributed by atoms with Gasteiger partial charge in [0.05, 0.1) is 20.3 Å². The van der Waals surface area contributed by atoms with Gasteiger partial charge in [0, 0.05) is 11.0 Å². The van der Waals surface area contributed by atoms with Crippen LogP contribution in [0.5, 0.6) is 11.5 Å². The molecule has 0 fully saturated rings. The molecule has 0 amide bonds. The molecule has 0 aliphatic rings. The molecule has 3 nitrogen and oxygen atoms in total. The fourth-order valence-electron chi connectivity index (χ4n) is 2.32. The molecule has 0 saturated heterocycles. The molecule has 0 spiro atoms. The van der Waals surface area contributed by atoms with Gasteiger partial charge >= 0.3 is 0 Å². The van der Waals surface area contributed by atoms with Gasteiger partial charge in [-0.1, -0.05) is 12.1 Å². The molecule has 0 radical (unpaired) electrons. The minimum Gasteiger partial charge on any atom is -0.497 e. The zero-order valence-electron chi connectivity index (χ0n) is 12.8. The summed E-state index contributed by atoms with van der Waals surface area (Å²) in [6.45, 7) is 0. The van der Waals surface area contributed by atoms with Crippen LogP contribution in [0.1, 0.15) is 17.2 Å². The summed E-state index contributed by atoms with van der Waals surface area (Å²) >= 11 is 1.74. The molecule has 1 N–H and O–H groups in total. The predicted molar refractivity (Wildman–Crippen MR) is 88.7 cm³/mol. The summed E-state index contributed by atoms with van der Waals surface area (Å²) in [4.78, 5) is 1.26. The van der Waals surface area contributed by atoms with Gasteiger partial charge in [0.2, 0.25) is 0 Å². The monoisotopic (exact) mass is 303 g/mol. The number of methoxy groups -OCH3 is 2. The van der Waals surface area contributed by atoms with Crippen molar-refractivity contribution in [3.63, 3.8) is 0 Å². The number of hydrogen-bond donors (Lipinski definition) is 1. The van der Waals surface area contributed by atoms with Crippen LogP contribution >= 0.6 is 11.8 Å². The third-order valence-electron chi connectivity index (χ3n) is 3.44. The number of benzene rings is 2. The van der Waals surface area contributed by atoms with Crippen LogP contribution in [-0.4, -0.2) is 27.5 Å². The molecule has 2 rings (SSSR count). The van der Waals surface area contributed by atoms with Gasteiger partial charge in [0.25, 0.3) is 0 Å². The first-order valence-electron chi connectivity index (χ1n) is 6.76. The molecule has 0 saturated carbocycles. The van der Waals surface area contributed by atoms with Crippen LogP contribution in [0.4, 0.5) is 0 Å². The zero-order chi connectivity index (χ0) is 15.2. The number of nitrogens with one attached hydrogen (secondary N) is 1. The van der Waals surface area contributed by atoms with Crippen molar-refractivity contribution in [1.82, 2.24) is 5.32 Å². The van der Waals surface area contributed by atoms with Gasteiger partial charge in [-0.05, 0) is 48.7 Å². The number of thioether (sulfide) groups is 1. The number of ether oxygens (including phenoxy) is 2. The average molecular weight is 303 g/mol. The standard InChI is InChI=1S/C17H21NO2S/c1-18-17(12-5-7-16(21-4)8-6-12)13-9-14(19-2)11-15(10-13)20-3/h5-11,17-18H,1-4H3. The molecule has 2 aromatic rings. The van der Waals surface area contributed by atoms with Gasteiger partial charge < -0.3 is 14.8 Å². The highest BCUT2D eigenvalue weighted by molar-refractivity contribution is 7.98. The van der Waals surface area contributed by atoms with E-state index in [2.05, 4.69) is 35.8 Å². The Balaban J connectivity index is 2.39. The Kier molecular flexibility index (Phi) is 5.53. The van der Waals surface area contributed by atoms with Crippen molar-refractivity contribution in [2.45, 2.75) is 10.9 Å². The lowest BCUT2D eigenvalue weighted by Gasteiger charge is -2.19. The van der Waals surface area contributed by atoms with Crippen LogP contribution in [0.3, 0.4) is 0 Å². The van der Waals surface area contributed by atoms with E-state index in [0.29, 0.717) is 0 Å². The third-order valence-corrected chi connectivity index (χ3v) is 4.19. The average Bonchev–Trinajstić information content (AvgIpc) is 2.55. The van der Waals surface area contributed by atoms with Gasteiger partial charge in [-0.25, -0.2) is 0 Å². The van der Waals surface area contributed by atoms with Crippen LogP contribution in [0, 0.1) is 0 Å². The molecular formula is C17H21NO2S. The molecule has 21 heavy (non-hydrogen) atoms. The Bertz CT molecular complexity index is 562. The highest BCUT2D eigenvalue weighted by Crippen LogP contribution is 2.30. The van der Waals surface area contributed by atoms with Crippen LogP contribution in [0.15, 0.2) is 47.4 Å². The van der Waals surface area contributed by atoms with Crippen molar-refractivity contribution in [3.05, 3.63) is 53.6 Å². The third kappa shape index (κ3) is 3.71. The second kappa shape index (κ2) is 7.38. The van der Waals surface area contributed by atoms with Gasteiger partial charge in [0.1, 0.15) is 11.5 Å². The van der Waals surface area contributed by atoms with E-state index in [1.54, 1.807) is 26.0 Å². The van der Waals surface area contributed by atoms with E-state index in [0.717, 1.165) is 17.1 Å². The predicted octanol–water partition coefficient (Wildman–Crippen LogP) is 3.73. The van der Waals surface area contributed by atoms with E-state index in [1.165, 1.54) is 10.5 Å². The summed E-state index contributed by atoms with van der Waals surface area (Å²) in [5.74, 6) is 1.59. The number of rotatable bonds is 6. The van der Waals surface area contributed by atoms with Crippen molar-refractivity contribution >= 4 is 11.8 Å². The Hall–Kier alpha value is -1.65. The van der Waals surface area contributed by atoms with Gasteiger partial charge in [-0.3, -0.25) is 0 Å². The fourth-order valence-corrected chi connectivity index (χ4v) is 2.73. The first-order chi connectivity index (χ1) is 10.2. The van der Waals surface area contributed by atoms with Crippen molar-refractivity contribution in [3.8, 4) is 11.5 Å². The SMILES string of the molecule is CNC(c1ccc(SC)cc1)c1cc(OC)cc(OC)c1. The summed E-state index contributed by atoms with van der Waals surface area (Å²) in [7, 11) is 5.29. The molecule has 1 unspecified atom stereocenters. The van der Waals surface area contributed by atoms with E-state index >= 15 is 0 Å². The van der Waals surface area contributed by atoms with Gasteiger partial charge in [-0.2, -0.15) is 0 Å². The van der Waals surface area contributed by atoms with Crippen LogP contribution in [0.2, 0.25) is 0 Å². The van der Waals surface area contributed by atoms with E-state index in [4.69, 9.17) is 9.47 Å². The summed E-state index contributed by atoms with van der Waals surface area (Å²) in [5.41, 5.74) is 2.33. The van der Waals surface area contributed by atoms with E-state index in [1.807, 2.05) is 25.2 Å². The largest absolute Gasteiger partial charge is 0.497 e. The minimum atomic E-state index is 0.102. The molecule has 4 heteroatoms. The second-order valence-corrected chi connectivity index (χ2v) is 5.52. The summed E-state index contributed by atoms with van der Waals surface area (Å²) in [6, 6.07) is 14.6. The molecule has 0 aromatic heterocycles. The molecule has 1 atom stereocenters. The van der Waals surface area contributed by atoms with E-state index in [9.17, 15) is 0 Å². The highest BCUT2D eigenvalue weighted by Gasteiger charge is 2.14. The Morgan fingerprint density at radius 2 is 1.48 bits per heavy atom. The van der Waals surface area contributed by atoms with E-state index < -0.39 is 0 Å². The van der Waals surface area contributed by atoms with Crippen LogP contribution in [-0.2, 0) is 0 Å². The molecular weight excluding hydrogens is 282 g/mol. The van der Waals surface area contributed by atoms with Gasteiger partial charge in [0.15, 0.2) is 0 Å². The highest BCUT2D eigenvalue weighted by atomic mass is 32.2. The van der Waals surface area contributed by atoms with Crippen LogP contribution in [0.25, 0.3) is 0 Å². The second-order valence-electron chi connectivity index (χ2n) is 4.64. The van der Waals surface area contributed by atoms with Crippen molar-refractivity contribution < 1.29 is 9.47 Å². The maximum atomic E-state index is 5.35. The molecule has 0 aliphatic carbocycles. The normalized spacial score (nSPS) is 12.0. The quantitative estimate of drug-likeness (QED) is 0.824. The fraction of sp³-hybridized carbons (Fsp3) is 0.294. The Morgan fingerprint density at radius 3 is 1.90 bits per heavy atom. The summed E-state index contributed by atoms with van der Waals surface area (Å²) < 4.78 is 10.7. The van der Waals surface area contributed by atoms with Crippen molar-refractivity contribution in [2.24, 2.45) is 0 Å². The molecule has 0 aliphatic heterocycles. The minimum absolute atomic E-state index is 0.102. The summed E-state index contributed by atoms with van der Waals surface area (Å²) in [5, 5.41) is 3.36. The number of hydrogen-bond acceptors (Lipinski definition) is 4. The van der Waals surface area contributed by atoms with Crippen molar-refractivity contribution in [2.75, 3.05) is 27.5 Å². The smallest absolute Gasteiger partial charge is 0.122 e. The topological polar surface area (TPSA) is 30.5 Å². The maximum absolute atomic E-state index is 5.35. The Labute approximate surface area is 130 Å². The van der Waals surface area contributed by atoms with Crippen molar-refractivity contribution in [1.29, 1.82) is 0 Å². The molecule has 112 valence electrons. The van der Waals surface area contributed by atoms with Crippen LogP contribution < -0.4 is 14.8 Å². The lowest BCUT2D eigenvalue weighted by molar-refractivity contribution is 0.392. The van der Waals surface area contributed by atoms with E-state index in [-0.39, 0.29) is 6.04 Å². The first-order valence-corrected chi connectivity index (χ1v) is 7.98. The zero-order valence-corrected chi connectivity index (χ0v) is 13.7. The first kappa shape index (κ1) is 15.7. The lowest BCUT2D eigenvalue weighted by Crippen LogP contribution is -2.17. The Morgan fingerprint density at radius 1 is 0.905 bits per heavy atom.